The first-order valence-corrected chi connectivity index (χ1v) is 10.2. The van der Waals surface area contributed by atoms with Crippen molar-refractivity contribution in [1.82, 2.24) is 9.88 Å². The molecule has 29 heavy (non-hydrogen) atoms. The minimum Gasteiger partial charge on any atom is -0.497 e. The van der Waals surface area contributed by atoms with Gasteiger partial charge in [0.05, 0.1) is 7.11 Å². The SMILES string of the molecule is COc1cccc(Cc2cccc([C@@H]3CCCN(C(=O)c4ccccc4)C3)n2)c1. The highest BCUT2D eigenvalue weighted by molar-refractivity contribution is 5.94. The van der Waals surface area contributed by atoms with Crippen LogP contribution < -0.4 is 4.74 Å². The molecule has 3 aromatic rings. The van der Waals surface area contributed by atoms with Crippen molar-refractivity contribution < 1.29 is 9.53 Å². The van der Waals surface area contributed by atoms with Gasteiger partial charge < -0.3 is 9.64 Å². The van der Waals surface area contributed by atoms with Gasteiger partial charge in [0.2, 0.25) is 0 Å². The van der Waals surface area contributed by atoms with E-state index in [1.165, 1.54) is 5.56 Å². The summed E-state index contributed by atoms with van der Waals surface area (Å²) in [6.07, 6.45) is 2.84. The molecule has 0 saturated carbocycles. The third-order valence-corrected chi connectivity index (χ3v) is 5.50. The quantitative estimate of drug-likeness (QED) is 0.638. The zero-order chi connectivity index (χ0) is 20.1. The van der Waals surface area contributed by atoms with Gasteiger partial charge in [-0.25, -0.2) is 0 Å². The fourth-order valence-corrected chi connectivity index (χ4v) is 3.98. The summed E-state index contributed by atoms with van der Waals surface area (Å²) in [6.45, 7) is 1.54. The Morgan fingerprint density at radius 2 is 1.90 bits per heavy atom. The number of rotatable bonds is 5. The molecule has 0 radical (unpaired) electrons. The van der Waals surface area contributed by atoms with Crippen LogP contribution in [0.3, 0.4) is 0 Å². The molecule has 1 amide bonds. The Morgan fingerprint density at radius 1 is 1.07 bits per heavy atom. The molecule has 0 aliphatic carbocycles. The summed E-state index contributed by atoms with van der Waals surface area (Å²) in [5.74, 6) is 1.26. The molecule has 2 aromatic carbocycles. The molecule has 4 heteroatoms. The second-order valence-electron chi connectivity index (χ2n) is 7.54. The molecule has 1 fully saturated rings. The smallest absolute Gasteiger partial charge is 0.253 e. The maximum atomic E-state index is 12.8. The highest BCUT2D eigenvalue weighted by Crippen LogP contribution is 2.27. The molecule has 1 aliphatic rings. The number of hydrogen-bond donors (Lipinski definition) is 0. The number of pyridine rings is 1. The van der Waals surface area contributed by atoms with Crippen LogP contribution in [0.1, 0.15) is 46.1 Å². The summed E-state index contributed by atoms with van der Waals surface area (Å²) in [5, 5.41) is 0. The number of likely N-dealkylation sites (tertiary alicyclic amines) is 1. The van der Waals surface area contributed by atoms with Crippen LogP contribution in [-0.2, 0) is 6.42 Å². The maximum absolute atomic E-state index is 12.8. The number of amides is 1. The number of benzene rings is 2. The van der Waals surface area contributed by atoms with Crippen LogP contribution in [-0.4, -0.2) is 36.0 Å². The molecule has 148 valence electrons. The van der Waals surface area contributed by atoms with E-state index in [9.17, 15) is 4.79 Å². The molecule has 4 nitrogen and oxygen atoms in total. The average Bonchev–Trinajstić information content (AvgIpc) is 2.79. The summed E-state index contributed by atoms with van der Waals surface area (Å²) in [7, 11) is 1.68. The minimum atomic E-state index is 0.114. The van der Waals surface area contributed by atoms with Crippen molar-refractivity contribution in [3.05, 3.63) is 95.3 Å². The molecule has 1 aliphatic heterocycles. The predicted molar refractivity (Wildman–Crippen MR) is 114 cm³/mol. The third kappa shape index (κ3) is 4.65. The van der Waals surface area contributed by atoms with Gasteiger partial charge in [-0.15, -0.1) is 0 Å². The van der Waals surface area contributed by atoms with E-state index < -0.39 is 0 Å². The number of carbonyl (C=O) groups excluding carboxylic acids is 1. The van der Waals surface area contributed by atoms with Crippen LogP contribution in [0.2, 0.25) is 0 Å². The van der Waals surface area contributed by atoms with Crippen molar-refractivity contribution in [1.29, 1.82) is 0 Å². The Morgan fingerprint density at radius 3 is 2.72 bits per heavy atom. The zero-order valence-corrected chi connectivity index (χ0v) is 16.8. The number of aromatic nitrogens is 1. The van der Waals surface area contributed by atoms with Crippen LogP contribution in [0.5, 0.6) is 5.75 Å². The summed E-state index contributed by atoms with van der Waals surface area (Å²) in [6, 6.07) is 23.9. The van der Waals surface area contributed by atoms with Crippen molar-refractivity contribution in [2.45, 2.75) is 25.2 Å². The van der Waals surface area contributed by atoms with Gasteiger partial charge >= 0.3 is 0 Å². The Kier molecular flexibility index (Phi) is 5.89. The Labute approximate surface area is 172 Å². The highest BCUT2D eigenvalue weighted by atomic mass is 16.5. The van der Waals surface area contributed by atoms with Crippen LogP contribution in [0.25, 0.3) is 0 Å². The molecule has 0 bridgehead atoms. The number of carbonyl (C=O) groups is 1. The molecular weight excluding hydrogens is 360 g/mol. The van der Waals surface area contributed by atoms with Gasteiger partial charge in [-0.2, -0.15) is 0 Å². The number of nitrogens with zero attached hydrogens (tertiary/aromatic N) is 2. The predicted octanol–water partition coefficient (Wildman–Crippen LogP) is 4.70. The van der Waals surface area contributed by atoms with Crippen molar-refractivity contribution in [3.63, 3.8) is 0 Å². The molecule has 2 heterocycles. The van der Waals surface area contributed by atoms with E-state index in [4.69, 9.17) is 9.72 Å². The molecule has 0 N–H and O–H groups in total. The lowest BCUT2D eigenvalue weighted by Gasteiger charge is -2.32. The first kappa shape index (κ1) is 19.2. The largest absolute Gasteiger partial charge is 0.497 e. The Bertz CT molecular complexity index is 971. The summed E-state index contributed by atoms with van der Waals surface area (Å²) >= 11 is 0. The van der Waals surface area contributed by atoms with Crippen LogP contribution in [0.15, 0.2) is 72.8 Å². The van der Waals surface area contributed by atoms with Gasteiger partial charge in [-0.1, -0.05) is 36.4 Å². The standard InChI is InChI=1S/C25H26N2O2/c1-29-23-13-5-8-19(17-23)16-22-12-6-14-24(26-22)21-11-7-15-27(18-21)25(28)20-9-3-2-4-10-20/h2-6,8-10,12-14,17,21H,7,11,15-16,18H2,1H3/t21-/m1/s1. The first-order valence-electron chi connectivity index (χ1n) is 10.2. The van der Waals surface area contributed by atoms with Crippen molar-refractivity contribution >= 4 is 5.91 Å². The Balaban J connectivity index is 1.48. The van der Waals surface area contributed by atoms with Crippen molar-refractivity contribution in [2.75, 3.05) is 20.2 Å². The highest BCUT2D eigenvalue weighted by Gasteiger charge is 2.26. The lowest BCUT2D eigenvalue weighted by atomic mass is 9.93. The molecule has 1 saturated heterocycles. The van der Waals surface area contributed by atoms with Gasteiger partial charge in [-0.3, -0.25) is 9.78 Å². The van der Waals surface area contributed by atoms with E-state index in [0.717, 1.165) is 55.1 Å². The second kappa shape index (κ2) is 8.91. The Hall–Kier alpha value is -3.14. The number of piperidine rings is 1. The summed E-state index contributed by atoms with van der Waals surface area (Å²) in [4.78, 5) is 19.7. The van der Waals surface area contributed by atoms with Crippen molar-refractivity contribution in [3.8, 4) is 5.75 Å². The molecule has 4 rings (SSSR count). The van der Waals surface area contributed by atoms with E-state index in [1.54, 1.807) is 7.11 Å². The van der Waals surface area contributed by atoms with Crippen molar-refractivity contribution in [2.24, 2.45) is 0 Å². The average molecular weight is 386 g/mol. The molecule has 0 spiro atoms. The van der Waals surface area contributed by atoms with Gasteiger partial charge in [0, 0.05) is 42.4 Å². The topological polar surface area (TPSA) is 42.4 Å². The zero-order valence-electron chi connectivity index (χ0n) is 16.8. The molecule has 1 atom stereocenters. The minimum absolute atomic E-state index is 0.114. The van der Waals surface area contributed by atoms with Crippen LogP contribution >= 0.6 is 0 Å². The third-order valence-electron chi connectivity index (χ3n) is 5.50. The van der Waals surface area contributed by atoms with Gasteiger partial charge in [0.15, 0.2) is 0 Å². The number of hydrogen-bond acceptors (Lipinski definition) is 3. The van der Waals surface area contributed by atoms with Gasteiger partial charge in [0.25, 0.3) is 5.91 Å². The van der Waals surface area contributed by atoms with E-state index in [0.29, 0.717) is 0 Å². The lowest BCUT2D eigenvalue weighted by Crippen LogP contribution is -2.39. The first-order chi connectivity index (χ1) is 14.2. The van der Waals surface area contributed by atoms with E-state index in [-0.39, 0.29) is 11.8 Å². The van der Waals surface area contributed by atoms with E-state index in [1.807, 2.05) is 47.4 Å². The normalized spacial score (nSPS) is 16.4. The second-order valence-corrected chi connectivity index (χ2v) is 7.54. The van der Waals surface area contributed by atoms with Crippen LogP contribution in [0.4, 0.5) is 0 Å². The van der Waals surface area contributed by atoms with Gasteiger partial charge in [-0.05, 0) is 54.8 Å². The molecular formula is C25H26N2O2. The van der Waals surface area contributed by atoms with Gasteiger partial charge in [0.1, 0.15) is 5.75 Å². The van der Waals surface area contributed by atoms with E-state index >= 15 is 0 Å². The lowest BCUT2D eigenvalue weighted by molar-refractivity contribution is 0.0706. The molecule has 1 aromatic heterocycles. The fourth-order valence-electron chi connectivity index (χ4n) is 3.98. The summed E-state index contributed by atoms with van der Waals surface area (Å²) in [5.41, 5.74) is 4.06. The fraction of sp³-hybridized carbons (Fsp3) is 0.280. The monoisotopic (exact) mass is 386 g/mol. The number of methoxy groups -OCH3 is 1. The van der Waals surface area contributed by atoms with E-state index in [2.05, 4.69) is 30.3 Å². The number of ether oxygens (including phenoxy) is 1. The molecule has 0 unspecified atom stereocenters. The summed E-state index contributed by atoms with van der Waals surface area (Å²) < 4.78 is 5.32. The van der Waals surface area contributed by atoms with Crippen LogP contribution in [0, 0.1) is 0 Å². The maximum Gasteiger partial charge on any atom is 0.253 e.